The van der Waals surface area contributed by atoms with Gasteiger partial charge < -0.3 is 0 Å². The maximum absolute atomic E-state index is 6.10. The summed E-state index contributed by atoms with van der Waals surface area (Å²) in [6, 6.07) is 1.33. The highest BCUT2D eigenvalue weighted by Gasteiger charge is 1.98. The molecule has 0 saturated heterocycles. The Labute approximate surface area is 167 Å². The lowest BCUT2D eigenvalue weighted by Gasteiger charge is -2.04. The third-order valence-electron chi connectivity index (χ3n) is 5.46. The molecule has 0 radical (unpaired) electrons. The van der Waals surface area contributed by atoms with Gasteiger partial charge in [0, 0.05) is 0 Å². The van der Waals surface area contributed by atoms with E-state index in [1.165, 1.54) is 134 Å². The van der Waals surface area contributed by atoms with Crippen molar-refractivity contribution in [1.82, 2.24) is 0 Å². The third kappa shape index (κ3) is 24.5. The molecule has 0 aromatic heterocycles. The number of rotatable bonds is 21. The second kappa shape index (κ2) is 22.5. The molecule has 0 aromatic rings. The van der Waals surface area contributed by atoms with E-state index in [0.29, 0.717) is 0 Å². The van der Waals surface area contributed by atoms with Crippen molar-refractivity contribution < 1.29 is 0 Å². The standard InChI is InChI=1S/C23H49ClSi/c1-3-4-5-6-7-8-9-10-11-12-13-14-15-16-17-18-19-20-21-22-23-25(2)24/h25H,3-23H2,1-2H3. The van der Waals surface area contributed by atoms with Gasteiger partial charge in [-0.15, -0.1) is 0 Å². The van der Waals surface area contributed by atoms with E-state index in [9.17, 15) is 0 Å². The number of hydrogen-bond acceptors (Lipinski definition) is 0. The van der Waals surface area contributed by atoms with E-state index in [-0.39, 0.29) is 0 Å². The zero-order valence-corrected chi connectivity index (χ0v) is 19.7. The fraction of sp³-hybridized carbons (Fsp3) is 1.00. The van der Waals surface area contributed by atoms with E-state index in [1.54, 1.807) is 0 Å². The molecule has 0 rings (SSSR count). The SMILES string of the molecule is CCCCCCCCCCCCCCCCCCCCCC[SiH](C)Cl. The molecule has 0 aliphatic carbocycles. The Kier molecular flexibility index (Phi) is 23.0. The second-order valence-corrected chi connectivity index (χ2v) is 12.7. The molecular weight excluding hydrogens is 340 g/mol. The average molecular weight is 389 g/mol. The quantitative estimate of drug-likeness (QED) is 0.104. The highest BCUT2D eigenvalue weighted by Crippen LogP contribution is 2.15. The van der Waals surface area contributed by atoms with Crippen LogP contribution in [0.4, 0.5) is 0 Å². The molecule has 1 unspecified atom stereocenters. The Morgan fingerprint density at radius 1 is 0.440 bits per heavy atom. The van der Waals surface area contributed by atoms with E-state index in [2.05, 4.69) is 13.5 Å². The molecule has 0 aliphatic heterocycles. The lowest BCUT2D eigenvalue weighted by molar-refractivity contribution is 0.523. The molecule has 0 aliphatic rings. The fourth-order valence-corrected chi connectivity index (χ4v) is 4.99. The van der Waals surface area contributed by atoms with E-state index in [0.717, 1.165) is 0 Å². The molecule has 0 spiro atoms. The van der Waals surface area contributed by atoms with Crippen LogP contribution in [0.5, 0.6) is 0 Å². The van der Waals surface area contributed by atoms with Crippen LogP contribution in [0.1, 0.15) is 135 Å². The van der Waals surface area contributed by atoms with Gasteiger partial charge in [-0.25, -0.2) is 0 Å². The number of unbranched alkanes of at least 4 members (excludes halogenated alkanes) is 19. The summed E-state index contributed by atoms with van der Waals surface area (Å²) in [4.78, 5) is 0. The van der Waals surface area contributed by atoms with Crippen molar-refractivity contribution in [3.63, 3.8) is 0 Å². The molecule has 0 saturated carbocycles. The van der Waals surface area contributed by atoms with E-state index in [1.807, 2.05) is 0 Å². The predicted molar refractivity (Wildman–Crippen MR) is 122 cm³/mol. The molecule has 0 N–H and O–H groups in total. The Bertz CT molecular complexity index is 230. The molecule has 2 heteroatoms. The van der Waals surface area contributed by atoms with Crippen LogP contribution in [-0.4, -0.2) is 8.11 Å². The van der Waals surface area contributed by atoms with Crippen molar-refractivity contribution in [2.45, 2.75) is 148 Å². The number of halogens is 1. The largest absolute Gasteiger partial charge is 0.172 e. The van der Waals surface area contributed by atoms with Gasteiger partial charge in [-0.1, -0.05) is 142 Å². The monoisotopic (exact) mass is 388 g/mol. The minimum absolute atomic E-state index is 0.797. The molecule has 0 amide bonds. The van der Waals surface area contributed by atoms with Gasteiger partial charge in [0.25, 0.3) is 0 Å². The second-order valence-electron chi connectivity index (χ2n) is 8.29. The highest BCUT2D eigenvalue weighted by atomic mass is 35.6. The average Bonchev–Trinajstić information content (AvgIpc) is 2.60. The first-order valence-electron chi connectivity index (χ1n) is 11.9. The van der Waals surface area contributed by atoms with E-state index in [4.69, 9.17) is 11.1 Å². The molecule has 0 bridgehead atoms. The molecular formula is C23H49ClSi. The van der Waals surface area contributed by atoms with Crippen LogP contribution in [-0.2, 0) is 0 Å². The predicted octanol–water partition coefficient (Wildman–Crippen LogP) is 9.40. The van der Waals surface area contributed by atoms with Crippen molar-refractivity contribution in [2.24, 2.45) is 0 Å². The molecule has 152 valence electrons. The Morgan fingerprint density at radius 3 is 0.920 bits per heavy atom. The first-order chi connectivity index (χ1) is 12.3. The van der Waals surface area contributed by atoms with Crippen molar-refractivity contribution in [3.05, 3.63) is 0 Å². The van der Waals surface area contributed by atoms with Gasteiger partial charge in [-0.3, -0.25) is 0 Å². The fourth-order valence-electron chi connectivity index (χ4n) is 3.68. The van der Waals surface area contributed by atoms with Gasteiger partial charge in [0.1, 0.15) is 8.11 Å². The summed E-state index contributed by atoms with van der Waals surface area (Å²) < 4.78 is 0. The minimum Gasteiger partial charge on any atom is -0.172 e. The van der Waals surface area contributed by atoms with E-state index >= 15 is 0 Å². The zero-order chi connectivity index (χ0) is 18.4. The summed E-state index contributed by atoms with van der Waals surface area (Å²) in [6.45, 7) is 4.55. The maximum atomic E-state index is 6.10. The molecule has 0 nitrogen and oxygen atoms in total. The molecule has 0 fully saturated rings. The van der Waals surface area contributed by atoms with Crippen LogP contribution in [0.25, 0.3) is 0 Å². The molecule has 1 atom stereocenters. The Hall–Kier alpha value is 0.507. The number of hydrogen-bond donors (Lipinski definition) is 0. The highest BCUT2D eigenvalue weighted by molar-refractivity contribution is 7.06. The summed E-state index contributed by atoms with van der Waals surface area (Å²) in [7, 11) is -0.797. The lowest BCUT2D eigenvalue weighted by Crippen LogP contribution is -1.94. The summed E-state index contributed by atoms with van der Waals surface area (Å²) in [5.41, 5.74) is 0. The smallest absolute Gasteiger partial charge is 0.138 e. The summed E-state index contributed by atoms with van der Waals surface area (Å²) in [6.07, 6.45) is 29.2. The van der Waals surface area contributed by atoms with Crippen molar-refractivity contribution >= 4 is 19.2 Å². The van der Waals surface area contributed by atoms with Gasteiger partial charge in [-0.05, 0) is 6.04 Å². The first-order valence-corrected chi connectivity index (χ1v) is 15.6. The van der Waals surface area contributed by atoms with Gasteiger partial charge >= 0.3 is 0 Å². The minimum atomic E-state index is -0.797. The lowest BCUT2D eigenvalue weighted by atomic mass is 10.0. The van der Waals surface area contributed by atoms with Crippen LogP contribution < -0.4 is 0 Å². The summed E-state index contributed by atoms with van der Waals surface area (Å²) in [5, 5.41) is 0. The zero-order valence-electron chi connectivity index (χ0n) is 17.8. The van der Waals surface area contributed by atoms with Crippen molar-refractivity contribution in [1.29, 1.82) is 0 Å². The first kappa shape index (κ1) is 25.5. The maximum Gasteiger partial charge on any atom is 0.138 e. The van der Waals surface area contributed by atoms with Crippen LogP contribution in [0.15, 0.2) is 0 Å². The summed E-state index contributed by atoms with van der Waals surface area (Å²) >= 11 is 6.10. The molecule has 0 aromatic carbocycles. The van der Waals surface area contributed by atoms with Crippen molar-refractivity contribution in [3.8, 4) is 0 Å². The van der Waals surface area contributed by atoms with Crippen LogP contribution in [0.3, 0.4) is 0 Å². The van der Waals surface area contributed by atoms with Crippen molar-refractivity contribution in [2.75, 3.05) is 0 Å². The van der Waals surface area contributed by atoms with Gasteiger partial charge in [0.15, 0.2) is 0 Å². The van der Waals surface area contributed by atoms with Crippen LogP contribution >= 0.6 is 11.1 Å². The van der Waals surface area contributed by atoms with E-state index < -0.39 is 8.11 Å². The van der Waals surface area contributed by atoms with Gasteiger partial charge in [-0.2, -0.15) is 11.1 Å². The van der Waals surface area contributed by atoms with Crippen LogP contribution in [0, 0.1) is 0 Å². The molecule has 25 heavy (non-hydrogen) atoms. The molecule has 0 heterocycles. The topological polar surface area (TPSA) is 0 Å². The Morgan fingerprint density at radius 2 is 0.680 bits per heavy atom. The Balaban J connectivity index is 2.96. The normalized spacial score (nSPS) is 12.6. The van der Waals surface area contributed by atoms with Gasteiger partial charge in [0.2, 0.25) is 0 Å². The van der Waals surface area contributed by atoms with Gasteiger partial charge in [0.05, 0.1) is 0 Å². The van der Waals surface area contributed by atoms with Crippen LogP contribution in [0.2, 0.25) is 12.6 Å². The summed E-state index contributed by atoms with van der Waals surface area (Å²) in [5.74, 6) is 0. The third-order valence-corrected chi connectivity index (χ3v) is 7.31.